The fourth-order valence-corrected chi connectivity index (χ4v) is 10.1. The zero-order valence-electron chi connectivity index (χ0n) is 22.7. The maximum atomic E-state index is 13.8. The van der Waals surface area contributed by atoms with Gasteiger partial charge in [0.15, 0.2) is 0 Å². The van der Waals surface area contributed by atoms with Crippen LogP contribution in [-0.4, -0.2) is 29.9 Å². The van der Waals surface area contributed by atoms with Gasteiger partial charge >= 0.3 is 0 Å². The van der Waals surface area contributed by atoms with Crippen molar-refractivity contribution in [2.45, 2.75) is 21.6 Å². The molecule has 6 heteroatoms. The quantitative estimate of drug-likeness (QED) is 0.171. The van der Waals surface area contributed by atoms with E-state index in [-0.39, 0.29) is 17.3 Å². The lowest BCUT2D eigenvalue weighted by Crippen LogP contribution is -2.36. The average Bonchev–Trinajstić information content (AvgIpc) is 3.00. The molecule has 0 heterocycles. The Morgan fingerprint density at radius 1 is 0.415 bits per heavy atom. The van der Waals surface area contributed by atoms with E-state index in [1.807, 2.05) is 134 Å². The minimum absolute atomic E-state index is 0.254. The first-order chi connectivity index (χ1) is 19.9. The molecule has 3 unspecified atom stereocenters. The predicted octanol–water partition coefficient (Wildman–Crippen LogP) is 7.88. The lowest BCUT2D eigenvalue weighted by atomic mass is 9.99. The lowest BCUT2D eigenvalue weighted by Gasteiger charge is -2.28. The van der Waals surface area contributed by atoms with Crippen molar-refractivity contribution < 1.29 is 12.6 Å². The van der Waals surface area contributed by atoms with E-state index in [9.17, 15) is 12.6 Å². The van der Waals surface area contributed by atoms with Crippen LogP contribution in [0.25, 0.3) is 32.3 Å². The monoisotopic (exact) mass is 594 g/mol. The molecule has 0 radical (unpaired) electrons. The topological polar surface area (TPSA) is 51.2 Å². The van der Waals surface area contributed by atoms with Crippen molar-refractivity contribution in [3.8, 4) is 0 Å². The summed E-state index contributed by atoms with van der Waals surface area (Å²) in [6.07, 6.45) is 0. The molecular formula is C35H30O3S3. The van der Waals surface area contributed by atoms with E-state index in [4.69, 9.17) is 0 Å². The highest BCUT2D eigenvalue weighted by Gasteiger charge is 2.33. The molecule has 6 aromatic carbocycles. The molecule has 0 spiro atoms. The number of benzene rings is 6. The van der Waals surface area contributed by atoms with Gasteiger partial charge in [0.05, 0.1) is 32.4 Å². The summed E-state index contributed by atoms with van der Waals surface area (Å²) in [4.78, 5) is 2.17. The van der Waals surface area contributed by atoms with E-state index in [0.29, 0.717) is 0 Å². The van der Waals surface area contributed by atoms with Crippen LogP contribution < -0.4 is 0 Å². The average molecular weight is 595 g/mol. The van der Waals surface area contributed by atoms with Crippen LogP contribution in [0.4, 0.5) is 0 Å². The Hall–Kier alpha value is -3.45. The highest BCUT2D eigenvalue weighted by molar-refractivity contribution is 7.87. The normalized spacial score (nSPS) is 15.4. The van der Waals surface area contributed by atoms with Crippen molar-refractivity contribution >= 4 is 64.7 Å². The largest absolute Gasteiger partial charge is 0.254 e. The molecule has 0 N–H and O–H groups in total. The summed E-state index contributed by atoms with van der Waals surface area (Å²) in [7, 11) is -4.10. The van der Waals surface area contributed by atoms with Gasteiger partial charge in [-0.05, 0) is 68.7 Å². The van der Waals surface area contributed by atoms with Crippen LogP contribution in [0.3, 0.4) is 0 Å². The third kappa shape index (κ3) is 6.25. The molecule has 0 fully saturated rings. The third-order valence-corrected chi connectivity index (χ3v) is 12.6. The third-order valence-electron chi connectivity index (χ3n) is 7.39. The Morgan fingerprint density at radius 2 is 0.683 bits per heavy atom. The molecule has 0 saturated carbocycles. The Bertz CT molecular complexity index is 1740. The zero-order chi connectivity index (χ0) is 28.4. The molecule has 0 bridgehead atoms. The number of rotatable bonds is 9. The van der Waals surface area contributed by atoms with E-state index in [1.54, 1.807) is 0 Å². The van der Waals surface area contributed by atoms with Gasteiger partial charge in [-0.1, -0.05) is 97.9 Å². The number of hydrogen-bond donors (Lipinski definition) is 0. The van der Waals surface area contributed by atoms with Gasteiger partial charge in [0.2, 0.25) is 0 Å². The van der Waals surface area contributed by atoms with E-state index in [0.717, 1.165) is 47.0 Å². The molecule has 0 amide bonds. The SMILES string of the molecule is CC(CS(=O)c1ccc2ccccc2c1)(CS(=O)c1ccc2ccccc2c1)CS(=O)c1ccc2ccccc2c1. The molecule has 0 saturated heterocycles. The van der Waals surface area contributed by atoms with Crippen LogP contribution in [0.1, 0.15) is 6.92 Å². The minimum Gasteiger partial charge on any atom is -0.254 e. The minimum atomic E-state index is -1.37. The second-order valence-electron chi connectivity index (χ2n) is 10.8. The van der Waals surface area contributed by atoms with Gasteiger partial charge in [-0.2, -0.15) is 0 Å². The second kappa shape index (κ2) is 11.8. The van der Waals surface area contributed by atoms with Gasteiger partial charge in [0.25, 0.3) is 0 Å². The van der Waals surface area contributed by atoms with Crippen molar-refractivity contribution in [2.75, 3.05) is 17.3 Å². The summed E-state index contributed by atoms with van der Waals surface area (Å²) < 4.78 is 41.4. The van der Waals surface area contributed by atoms with Crippen LogP contribution in [0, 0.1) is 5.41 Å². The highest BCUT2D eigenvalue weighted by atomic mass is 32.2. The van der Waals surface area contributed by atoms with Gasteiger partial charge < -0.3 is 0 Å². The Balaban J connectivity index is 1.31. The first-order valence-corrected chi connectivity index (χ1v) is 17.4. The van der Waals surface area contributed by atoms with E-state index < -0.39 is 37.8 Å². The van der Waals surface area contributed by atoms with Crippen LogP contribution in [0.2, 0.25) is 0 Å². The Morgan fingerprint density at radius 3 is 0.976 bits per heavy atom. The molecule has 206 valence electrons. The molecule has 0 aliphatic rings. The summed E-state index contributed by atoms with van der Waals surface area (Å²) in [6, 6.07) is 41.6. The predicted molar refractivity (Wildman–Crippen MR) is 174 cm³/mol. The van der Waals surface area contributed by atoms with Crippen LogP contribution >= 0.6 is 0 Å². The Labute approximate surface area is 248 Å². The molecule has 6 rings (SSSR count). The first-order valence-electron chi connectivity index (χ1n) is 13.5. The maximum Gasteiger partial charge on any atom is 0.0535 e. The van der Waals surface area contributed by atoms with Gasteiger partial charge in [0.1, 0.15) is 0 Å². The van der Waals surface area contributed by atoms with Crippen LogP contribution in [0.5, 0.6) is 0 Å². The molecule has 3 atom stereocenters. The summed E-state index contributed by atoms with van der Waals surface area (Å²) in [5.74, 6) is 0.762. The summed E-state index contributed by atoms with van der Waals surface area (Å²) in [5, 5.41) is 6.35. The number of hydrogen-bond acceptors (Lipinski definition) is 3. The molecule has 3 nitrogen and oxygen atoms in total. The Kier molecular flexibility index (Phi) is 7.98. The van der Waals surface area contributed by atoms with Crippen LogP contribution in [0.15, 0.2) is 142 Å². The van der Waals surface area contributed by atoms with E-state index >= 15 is 0 Å². The standard InChI is InChI=1S/C35H30O3S3/c1-35(23-39(36)32-17-14-26-8-2-5-11-29(26)20-32,24-40(37)33-18-15-27-9-3-6-12-30(27)21-33)25-41(38)34-19-16-28-10-4-7-13-31(28)22-34/h2-22H,23-25H2,1H3. The van der Waals surface area contributed by atoms with Gasteiger partial charge in [-0.25, -0.2) is 0 Å². The maximum absolute atomic E-state index is 13.8. The van der Waals surface area contributed by atoms with Crippen molar-refractivity contribution in [2.24, 2.45) is 5.41 Å². The van der Waals surface area contributed by atoms with Crippen LogP contribution in [-0.2, 0) is 32.4 Å². The van der Waals surface area contributed by atoms with E-state index in [2.05, 4.69) is 0 Å². The molecular weight excluding hydrogens is 565 g/mol. The van der Waals surface area contributed by atoms with Crippen molar-refractivity contribution in [3.63, 3.8) is 0 Å². The van der Waals surface area contributed by atoms with Crippen molar-refractivity contribution in [3.05, 3.63) is 127 Å². The highest BCUT2D eigenvalue weighted by Crippen LogP contribution is 2.30. The molecule has 6 aromatic rings. The number of fused-ring (bicyclic) bond motifs is 3. The first kappa shape index (κ1) is 27.7. The van der Waals surface area contributed by atoms with E-state index in [1.165, 1.54) is 0 Å². The summed E-state index contributed by atoms with van der Waals surface area (Å²) in [5.41, 5.74) is -0.719. The smallest absolute Gasteiger partial charge is 0.0535 e. The summed E-state index contributed by atoms with van der Waals surface area (Å²) >= 11 is 0. The second-order valence-corrected chi connectivity index (χ2v) is 15.2. The van der Waals surface area contributed by atoms with Crippen molar-refractivity contribution in [1.82, 2.24) is 0 Å². The molecule has 41 heavy (non-hydrogen) atoms. The van der Waals surface area contributed by atoms with Gasteiger partial charge in [-0.3, -0.25) is 12.6 Å². The molecule has 0 aromatic heterocycles. The fraction of sp³-hybridized carbons (Fsp3) is 0.143. The summed E-state index contributed by atoms with van der Waals surface area (Å²) in [6.45, 7) is 1.98. The van der Waals surface area contributed by atoms with Gasteiger partial charge in [-0.15, -0.1) is 0 Å². The lowest BCUT2D eigenvalue weighted by molar-refractivity contribution is 0.482. The van der Waals surface area contributed by atoms with Gasteiger partial charge in [0, 0.05) is 37.4 Å². The molecule has 0 aliphatic heterocycles. The fourth-order valence-electron chi connectivity index (χ4n) is 5.25. The molecule has 0 aliphatic carbocycles. The van der Waals surface area contributed by atoms with Crippen molar-refractivity contribution in [1.29, 1.82) is 0 Å². The zero-order valence-corrected chi connectivity index (χ0v) is 25.1.